The highest BCUT2D eigenvalue weighted by atomic mass is 16.5. The molecule has 0 atom stereocenters. The van der Waals surface area contributed by atoms with Crippen LogP contribution in [0.2, 0.25) is 0 Å². The fraction of sp³-hybridized carbons (Fsp3) is 0.250. The molecule has 7 heteroatoms. The first-order valence-corrected chi connectivity index (χ1v) is 10.3. The summed E-state index contributed by atoms with van der Waals surface area (Å²) >= 11 is 0. The minimum absolute atomic E-state index is 0.0692. The maximum atomic E-state index is 12.4. The Bertz CT molecular complexity index is 1140. The third-order valence-electron chi connectivity index (χ3n) is 5.19. The van der Waals surface area contributed by atoms with E-state index < -0.39 is 0 Å². The van der Waals surface area contributed by atoms with Crippen LogP contribution < -0.4 is 15.6 Å². The zero-order valence-electron chi connectivity index (χ0n) is 17.0. The molecule has 0 radical (unpaired) electrons. The molecule has 0 aliphatic heterocycles. The van der Waals surface area contributed by atoms with Crippen LogP contribution in [0.5, 0.6) is 5.75 Å². The lowest BCUT2D eigenvalue weighted by Crippen LogP contribution is -2.34. The molecule has 0 saturated carbocycles. The maximum absolute atomic E-state index is 12.4. The van der Waals surface area contributed by atoms with Crippen molar-refractivity contribution < 1.29 is 14.3 Å². The minimum atomic E-state index is -0.293. The first kappa shape index (κ1) is 20.5. The highest BCUT2D eigenvalue weighted by Crippen LogP contribution is 2.17. The number of ketones is 1. The molecule has 1 aliphatic rings. The highest BCUT2D eigenvalue weighted by Gasteiger charge is 2.14. The summed E-state index contributed by atoms with van der Waals surface area (Å²) in [6.07, 6.45) is 2.83. The third kappa shape index (κ3) is 5.06. The van der Waals surface area contributed by atoms with Crippen LogP contribution in [-0.2, 0) is 24.2 Å². The highest BCUT2D eigenvalue weighted by molar-refractivity contribution is 6.08. The third-order valence-corrected chi connectivity index (χ3v) is 5.19. The molecule has 7 nitrogen and oxygen atoms in total. The molecule has 31 heavy (non-hydrogen) atoms. The molecule has 0 saturated heterocycles. The van der Waals surface area contributed by atoms with Crippen molar-refractivity contribution in [2.45, 2.75) is 25.8 Å². The first-order chi connectivity index (χ1) is 15.1. The Hall–Kier alpha value is -3.74. The molecule has 2 aromatic carbocycles. The van der Waals surface area contributed by atoms with Crippen LogP contribution in [0.25, 0.3) is 0 Å². The van der Waals surface area contributed by atoms with Gasteiger partial charge in [-0.25, -0.2) is 4.68 Å². The van der Waals surface area contributed by atoms with Crippen molar-refractivity contribution in [1.82, 2.24) is 15.1 Å². The zero-order chi connectivity index (χ0) is 21.6. The van der Waals surface area contributed by atoms with Gasteiger partial charge in [0.1, 0.15) is 5.75 Å². The fourth-order valence-electron chi connectivity index (χ4n) is 3.56. The second-order valence-electron chi connectivity index (χ2n) is 7.39. The van der Waals surface area contributed by atoms with Crippen molar-refractivity contribution in [2.75, 3.05) is 13.2 Å². The van der Waals surface area contributed by atoms with Gasteiger partial charge in [0.05, 0.1) is 12.2 Å². The van der Waals surface area contributed by atoms with Gasteiger partial charge in [-0.3, -0.25) is 14.4 Å². The van der Waals surface area contributed by atoms with E-state index in [0.29, 0.717) is 30.0 Å². The van der Waals surface area contributed by atoms with Gasteiger partial charge in [0.25, 0.3) is 11.5 Å². The number of carbonyl (C=O) groups excluding carboxylic acids is 2. The quantitative estimate of drug-likeness (QED) is 0.567. The molecule has 3 aromatic rings. The molecule has 1 N–H and O–H groups in total. The summed E-state index contributed by atoms with van der Waals surface area (Å²) < 4.78 is 6.88. The number of rotatable bonds is 8. The summed E-state index contributed by atoms with van der Waals surface area (Å²) in [5.41, 5.74) is 3.04. The summed E-state index contributed by atoms with van der Waals surface area (Å²) in [5, 5.41) is 7.11. The fourth-order valence-corrected chi connectivity index (χ4v) is 3.56. The van der Waals surface area contributed by atoms with E-state index in [2.05, 4.69) is 10.4 Å². The summed E-state index contributed by atoms with van der Waals surface area (Å²) in [6, 6.07) is 17.4. The molecule has 1 aromatic heterocycles. The lowest BCUT2D eigenvalue weighted by molar-refractivity contribution is -0.123. The van der Waals surface area contributed by atoms with Crippen LogP contribution >= 0.6 is 0 Å². The Kier molecular flexibility index (Phi) is 6.21. The van der Waals surface area contributed by atoms with Crippen molar-refractivity contribution in [3.8, 4) is 5.75 Å². The monoisotopic (exact) mass is 417 g/mol. The van der Waals surface area contributed by atoms with Crippen molar-refractivity contribution in [3.05, 3.63) is 93.4 Å². The number of amides is 1. The van der Waals surface area contributed by atoms with E-state index in [1.54, 1.807) is 42.5 Å². The number of ether oxygens (including phenoxy) is 1. The van der Waals surface area contributed by atoms with Gasteiger partial charge in [-0.2, -0.15) is 5.10 Å². The van der Waals surface area contributed by atoms with E-state index in [1.807, 2.05) is 18.2 Å². The normalized spacial score (nSPS) is 12.3. The predicted octanol–water partition coefficient (Wildman–Crippen LogP) is 2.16. The Morgan fingerprint density at radius 3 is 2.52 bits per heavy atom. The second-order valence-corrected chi connectivity index (χ2v) is 7.39. The number of benzene rings is 2. The van der Waals surface area contributed by atoms with Crippen molar-refractivity contribution in [1.29, 1.82) is 0 Å². The van der Waals surface area contributed by atoms with Gasteiger partial charge in [0, 0.05) is 23.7 Å². The minimum Gasteiger partial charge on any atom is -0.484 e. The van der Waals surface area contributed by atoms with Crippen molar-refractivity contribution >= 4 is 11.7 Å². The predicted molar refractivity (Wildman–Crippen MR) is 115 cm³/mol. The summed E-state index contributed by atoms with van der Waals surface area (Å²) in [6.45, 7) is 0.449. The first-order valence-electron chi connectivity index (χ1n) is 10.3. The smallest absolute Gasteiger partial charge is 0.267 e. The topological polar surface area (TPSA) is 90.3 Å². The zero-order valence-corrected chi connectivity index (χ0v) is 17.0. The number of carbonyl (C=O) groups is 2. The molecule has 0 unspecified atom stereocenters. The van der Waals surface area contributed by atoms with Crippen LogP contribution in [0.3, 0.4) is 0 Å². The van der Waals surface area contributed by atoms with Gasteiger partial charge in [0.15, 0.2) is 12.4 Å². The van der Waals surface area contributed by atoms with Crippen molar-refractivity contribution in [2.24, 2.45) is 0 Å². The number of hydrogen-bond donors (Lipinski definition) is 1. The van der Waals surface area contributed by atoms with Crippen LogP contribution in [0.4, 0.5) is 0 Å². The maximum Gasteiger partial charge on any atom is 0.267 e. The van der Waals surface area contributed by atoms with Crippen molar-refractivity contribution in [3.63, 3.8) is 0 Å². The number of aryl methyl sites for hydroxylation is 2. The number of nitrogens with zero attached hydrogens (tertiary/aromatic N) is 2. The molecule has 0 fully saturated rings. The Morgan fingerprint density at radius 2 is 1.74 bits per heavy atom. The summed E-state index contributed by atoms with van der Waals surface area (Å²) in [4.78, 5) is 36.5. The van der Waals surface area contributed by atoms with Gasteiger partial charge >= 0.3 is 0 Å². The summed E-state index contributed by atoms with van der Waals surface area (Å²) in [7, 11) is 0. The SMILES string of the molecule is O=C(COc1ccc(C(=O)c2ccccc2)cc1)NCCn1nc2c(cc1=O)CCC2. The Labute approximate surface area is 179 Å². The van der Waals surface area contributed by atoms with Gasteiger partial charge < -0.3 is 10.1 Å². The molecule has 1 heterocycles. The molecular formula is C24H23N3O4. The standard InChI is InChI=1S/C24H23N3O4/c28-22(25-13-14-27-23(29)15-19-7-4-8-21(19)26-27)16-31-20-11-9-18(10-12-20)24(30)17-5-2-1-3-6-17/h1-3,5-6,9-12,15H,4,7-8,13-14,16H2,(H,25,28). The van der Waals surface area contributed by atoms with E-state index in [0.717, 1.165) is 30.5 Å². The van der Waals surface area contributed by atoms with E-state index in [-0.39, 0.29) is 23.9 Å². The van der Waals surface area contributed by atoms with Crippen LogP contribution in [-0.4, -0.2) is 34.6 Å². The number of hydrogen-bond acceptors (Lipinski definition) is 5. The average molecular weight is 417 g/mol. The van der Waals surface area contributed by atoms with E-state index >= 15 is 0 Å². The molecule has 1 amide bonds. The van der Waals surface area contributed by atoms with E-state index in [9.17, 15) is 14.4 Å². The van der Waals surface area contributed by atoms with Gasteiger partial charge in [-0.15, -0.1) is 0 Å². The van der Waals surface area contributed by atoms with Gasteiger partial charge in [0.2, 0.25) is 0 Å². The lowest BCUT2D eigenvalue weighted by Gasteiger charge is -2.10. The second kappa shape index (κ2) is 9.38. The largest absolute Gasteiger partial charge is 0.484 e. The lowest BCUT2D eigenvalue weighted by atomic mass is 10.0. The average Bonchev–Trinajstić information content (AvgIpc) is 3.25. The number of fused-ring (bicyclic) bond motifs is 1. The number of aromatic nitrogens is 2. The van der Waals surface area contributed by atoms with Crippen LogP contribution in [0, 0.1) is 0 Å². The molecule has 158 valence electrons. The summed E-state index contributed by atoms with van der Waals surface area (Å²) in [5.74, 6) is 0.134. The molecule has 4 rings (SSSR count). The van der Waals surface area contributed by atoms with Crippen LogP contribution in [0.1, 0.15) is 33.6 Å². The molecule has 0 bridgehead atoms. The molecule has 0 spiro atoms. The Balaban J connectivity index is 1.24. The Morgan fingerprint density at radius 1 is 1.00 bits per heavy atom. The van der Waals surface area contributed by atoms with E-state index in [1.165, 1.54) is 4.68 Å². The molecule has 1 aliphatic carbocycles. The molecular weight excluding hydrogens is 394 g/mol. The van der Waals surface area contributed by atoms with Crippen LogP contribution in [0.15, 0.2) is 65.5 Å². The number of nitrogens with one attached hydrogen (secondary N) is 1. The van der Waals surface area contributed by atoms with Gasteiger partial charge in [-0.1, -0.05) is 30.3 Å². The van der Waals surface area contributed by atoms with E-state index in [4.69, 9.17) is 4.74 Å². The van der Waals surface area contributed by atoms with Gasteiger partial charge in [-0.05, 0) is 49.1 Å².